The number of aryl methyl sites for hydroxylation is 2. The number of rotatable bonds is 8. The smallest absolute Gasteiger partial charge is 0.306 e. The Labute approximate surface area is 382 Å². The third-order valence-corrected chi connectivity index (χ3v) is 10.8. The first-order chi connectivity index (χ1) is 28.5. The Kier molecular flexibility index (Phi) is 19.7. The zero-order valence-corrected chi connectivity index (χ0v) is 37.5. The highest BCUT2D eigenvalue weighted by atomic mass is 35.5. The van der Waals surface area contributed by atoms with Crippen molar-refractivity contribution >= 4 is 57.4 Å². The lowest BCUT2D eigenvalue weighted by molar-refractivity contribution is -0.155. The number of carbonyl (C=O) groups excluding carboxylic acids is 2. The molecule has 0 aromatic heterocycles. The maximum absolute atomic E-state index is 11.7. The Hall–Kier alpha value is -4.72. The van der Waals surface area contributed by atoms with E-state index >= 15 is 0 Å². The number of allylic oxidation sites excluding steroid dienone is 4. The van der Waals surface area contributed by atoms with Crippen molar-refractivity contribution in [3.63, 3.8) is 0 Å². The van der Waals surface area contributed by atoms with Crippen LogP contribution in [-0.2, 0) is 70.7 Å². The van der Waals surface area contributed by atoms with Crippen LogP contribution in [0, 0.1) is 0 Å². The third-order valence-electron chi connectivity index (χ3n) is 10.1. The molecule has 4 aliphatic rings. The van der Waals surface area contributed by atoms with E-state index in [0.717, 1.165) is 64.4 Å². The zero-order chi connectivity index (χ0) is 43.5. The molecule has 8 heteroatoms. The molecule has 0 bridgehead atoms. The van der Waals surface area contributed by atoms with Gasteiger partial charge in [0.2, 0.25) is 0 Å². The fourth-order valence-corrected chi connectivity index (χ4v) is 7.61. The van der Waals surface area contributed by atoms with E-state index in [1.807, 2.05) is 53.7 Å². The minimum Gasteiger partial charge on any atom is -0.460 e. The van der Waals surface area contributed by atoms with Crippen LogP contribution in [0.2, 0.25) is 0 Å². The molecule has 332 valence electrons. The monoisotopic (exact) mass is 878 g/mol. The van der Waals surface area contributed by atoms with E-state index in [-0.39, 0.29) is 26.8 Å². The van der Waals surface area contributed by atoms with Crippen molar-refractivity contribution in [1.29, 1.82) is 0 Å². The summed E-state index contributed by atoms with van der Waals surface area (Å²) in [5.41, 5.74) is 25.2. The van der Waals surface area contributed by atoms with E-state index in [9.17, 15) is 9.59 Å². The first-order valence-electron chi connectivity index (χ1n) is 20.9. The van der Waals surface area contributed by atoms with Gasteiger partial charge in [0.05, 0.1) is 0 Å². The highest BCUT2D eigenvalue weighted by Crippen LogP contribution is 2.32. The van der Waals surface area contributed by atoms with Gasteiger partial charge in [0.15, 0.2) is 0 Å². The molecule has 6 nitrogen and oxygen atoms in total. The third kappa shape index (κ3) is 15.9. The molecular formula is C54H68Cl2N2O4. The second kappa shape index (κ2) is 23.6. The fourth-order valence-electron chi connectivity index (χ4n) is 7.11. The van der Waals surface area contributed by atoms with Crippen LogP contribution in [0.15, 0.2) is 97.1 Å². The van der Waals surface area contributed by atoms with Gasteiger partial charge in [0.25, 0.3) is 0 Å². The number of ether oxygens (including phenoxy) is 2. The number of halogens is 2. The van der Waals surface area contributed by atoms with E-state index in [1.165, 1.54) is 44.5 Å². The molecule has 0 saturated heterocycles. The summed E-state index contributed by atoms with van der Waals surface area (Å²) in [5.74, 6) is -0.284. The van der Waals surface area contributed by atoms with E-state index in [1.54, 1.807) is 0 Å². The van der Waals surface area contributed by atoms with E-state index in [0.29, 0.717) is 32.4 Å². The van der Waals surface area contributed by atoms with Crippen molar-refractivity contribution in [3.05, 3.63) is 164 Å². The van der Waals surface area contributed by atoms with Gasteiger partial charge in [-0.05, 0) is 159 Å². The molecule has 8 rings (SSSR count). The maximum atomic E-state index is 11.7. The Balaban J connectivity index is 0.000000223. The quantitative estimate of drug-likeness (QED) is 0.171. The van der Waals surface area contributed by atoms with Crippen molar-refractivity contribution in [2.75, 3.05) is 0 Å². The number of carbonyl (C=O) groups is 2. The van der Waals surface area contributed by atoms with Gasteiger partial charge in [0, 0.05) is 36.0 Å². The van der Waals surface area contributed by atoms with Gasteiger partial charge in [-0.25, -0.2) is 0 Å². The fraction of sp³-hybridized carbons (Fsp3) is 0.370. The number of benzene rings is 4. The summed E-state index contributed by atoms with van der Waals surface area (Å²) in [5, 5.41) is 1.68. The van der Waals surface area contributed by atoms with Crippen LogP contribution >= 0.6 is 23.2 Å². The molecule has 4 aliphatic carbocycles. The van der Waals surface area contributed by atoms with Crippen LogP contribution in [0.1, 0.15) is 136 Å². The van der Waals surface area contributed by atoms with Crippen LogP contribution in [0.25, 0.3) is 22.2 Å². The van der Waals surface area contributed by atoms with Crippen molar-refractivity contribution in [2.24, 2.45) is 11.5 Å². The number of esters is 2. The van der Waals surface area contributed by atoms with Crippen molar-refractivity contribution < 1.29 is 19.1 Å². The lowest BCUT2D eigenvalue weighted by atomic mass is 10.0. The first kappa shape index (κ1) is 51.6. The summed E-state index contributed by atoms with van der Waals surface area (Å²) in [6.07, 6.45) is 19.0. The molecule has 4 aromatic carbocycles. The van der Waals surface area contributed by atoms with Crippen molar-refractivity contribution in [1.82, 2.24) is 0 Å². The molecule has 0 spiro atoms. The minimum absolute atomic E-state index is 0. The molecule has 62 heavy (non-hydrogen) atoms. The summed E-state index contributed by atoms with van der Waals surface area (Å²) in [6.45, 7) is 12.5. The van der Waals surface area contributed by atoms with Gasteiger partial charge in [-0.2, -0.15) is 0 Å². The van der Waals surface area contributed by atoms with Crippen LogP contribution in [0.4, 0.5) is 0 Å². The molecule has 0 amide bonds. The minimum atomic E-state index is -0.416. The predicted octanol–water partition coefficient (Wildman–Crippen LogP) is 12.9. The standard InChI is InChI=1S/C16H19ClO2.C16H20O2.C10H10ClN.C10H11N.2CH4/c1-16(2,3)19-15(18)9-5-11-4-6-12-7-8-14(17)13(12)10-11;1-16(2,3)18-15(17)10-8-12-7-9-13-5-4-6-14(13)11-12;11-10-4-3-8-2-1-7(6-12)5-9(8)10;11-7-8-4-5-9-2-1-3-10(9)6-8;;/h4,6,8,10H,5,7,9H2,1-3H3;4,6-7,9,11H,5,8,10H2,1-3H3;1-2,4-5H,3,6,12H2;1,3-6H,2,7,11H2;2*1H4. The number of nitrogens with two attached hydrogens (primary N) is 2. The predicted molar refractivity (Wildman–Crippen MR) is 264 cm³/mol. The topological polar surface area (TPSA) is 105 Å². The molecule has 0 atom stereocenters. The van der Waals surface area contributed by atoms with Gasteiger partial charge in [-0.1, -0.05) is 135 Å². The molecule has 0 aliphatic heterocycles. The SMILES string of the molecule is C.C.CC(C)(C)OC(=O)CCc1ccc2c(c1)C(Cl)=CC2.CC(C)(C)OC(=O)CCc1ccc2c(c1)C=CC2.NCc1ccc2c(c1)C(Cl)=CC2.NCc1ccc2c(c1)C=CC2. The maximum Gasteiger partial charge on any atom is 0.306 e. The average molecular weight is 880 g/mol. The average Bonchev–Trinajstić information content (AvgIpc) is 4.03. The van der Waals surface area contributed by atoms with E-state index in [4.69, 9.17) is 44.1 Å². The van der Waals surface area contributed by atoms with Gasteiger partial charge >= 0.3 is 11.9 Å². The van der Waals surface area contributed by atoms with Crippen molar-refractivity contribution in [3.8, 4) is 0 Å². The highest BCUT2D eigenvalue weighted by molar-refractivity contribution is 6.49. The normalized spacial score (nSPS) is 13.4. The van der Waals surface area contributed by atoms with Crippen LogP contribution in [-0.4, -0.2) is 23.1 Å². The lowest BCUT2D eigenvalue weighted by Crippen LogP contribution is -2.24. The number of hydrogen-bond acceptors (Lipinski definition) is 6. The molecule has 4 N–H and O–H groups in total. The Morgan fingerprint density at radius 1 is 0.532 bits per heavy atom. The molecule has 0 radical (unpaired) electrons. The summed E-state index contributed by atoms with van der Waals surface area (Å²) in [4.78, 5) is 23.3. The Bertz CT molecular complexity index is 2290. The molecule has 0 fully saturated rings. The Morgan fingerprint density at radius 2 is 0.887 bits per heavy atom. The first-order valence-corrected chi connectivity index (χ1v) is 21.6. The summed E-state index contributed by atoms with van der Waals surface area (Å²) < 4.78 is 10.6. The molecule has 0 saturated carbocycles. The second-order valence-corrected chi connectivity index (χ2v) is 18.2. The summed E-state index contributed by atoms with van der Waals surface area (Å²) in [6, 6.07) is 25.3. The van der Waals surface area contributed by atoms with Crippen LogP contribution < -0.4 is 11.5 Å². The van der Waals surface area contributed by atoms with Gasteiger partial charge in [0.1, 0.15) is 11.2 Å². The summed E-state index contributed by atoms with van der Waals surface area (Å²) >= 11 is 12.1. The molecule has 0 heterocycles. The van der Waals surface area contributed by atoms with E-state index < -0.39 is 11.2 Å². The van der Waals surface area contributed by atoms with Gasteiger partial charge in [-0.3, -0.25) is 9.59 Å². The summed E-state index contributed by atoms with van der Waals surface area (Å²) in [7, 11) is 0. The molecule has 0 unspecified atom stereocenters. The molecular weight excluding hydrogens is 812 g/mol. The van der Waals surface area contributed by atoms with Gasteiger partial charge < -0.3 is 20.9 Å². The Morgan fingerprint density at radius 3 is 1.31 bits per heavy atom. The number of fused-ring (bicyclic) bond motifs is 4. The van der Waals surface area contributed by atoms with Crippen LogP contribution in [0.3, 0.4) is 0 Å². The number of hydrogen-bond donors (Lipinski definition) is 2. The lowest BCUT2D eigenvalue weighted by Gasteiger charge is -2.19. The zero-order valence-electron chi connectivity index (χ0n) is 36.0. The largest absolute Gasteiger partial charge is 0.460 e. The van der Waals surface area contributed by atoms with Crippen LogP contribution in [0.5, 0.6) is 0 Å². The van der Waals surface area contributed by atoms with E-state index in [2.05, 4.69) is 97.1 Å². The second-order valence-electron chi connectivity index (χ2n) is 17.4. The van der Waals surface area contributed by atoms with Gasteiger partial charge in [-0.15, -0.1) is 0 Å². The molecule has 4 aromatic rings. The highest BCUT2D eigenvalue weighted by Gasteiger charge is 2.18. The van der Waals surface area contributed by atoms with Crippen molar-refractivity contribution in [2.45, 2.75) is 132 Å².